The topological polar surface area (TPSA) is 32.3 Å². The summed E-state index contributed by atoms with van der Waals surface area (Å²) >= 11 is 0. The third kappa shape index (κ3) is 2.10. The van der Waals surface area contributed by atoms with E-state index in [1.165, 1.54) is 12.8 Å². The molecular formula is C13H24N2O. The molecule has 2 rings (SSSR count). The van der Waals surface area contributed by atoms with Gasteiger partial charge in [0.1, 0.15) is 0 Å². The van der Waals surface area contributed by atoms with Crippen LogP contribution in [0.5, 0.6) is 0 Å². The standard InChI is InChI=1S/C13H24N2O/c1-9(2)10(3)13(16)15-8-6-11-12(15)5-4-7-14-11/h9-12,14H,4-8H2,1-3H3. The van der Waals surface area contributed by atoms with E-state index in [0.29, 0.717) is 23.9 Å². The molecule has 3 nitrogen and oxygen atoms in total. The van der Waals surface area contributed by atoms with Gasteiger partial charge in [-0.15, -0.1) is 0 Å². The third-order valence-electron chi connectivity index (χ3n) is 4.30. The minimum Gasteiger partial charge on any atom is -0.338 e. The van der Waals surface area contributed by atoms with E-state index in [2.05, 4.69) is 31.0 Å². The number of amides is 1. The largest absolute Gasteiger partial charge is 0.338 e. The van der Waals surface area contributed by atoms with Crippen LogP contribution in [-0.2, 0) is 4.79 Å². The number of carbonyl (C=O) groups is 1. The average Bonchev–Trinajstić information content (AvgIpc) is 2.70. The van der Waals surface area contributed by atoms with Crippen LogP contribution in [0.2, 0.25) is 0 Å². The fraction of sp³-hybridized carbons (Fsp3) is 0.923. The summed E-state index contributed by atoms with van der Waals surface area (Å²) in [6.07, 6.45) is 3.54. The molecule has 0 aliphatic carbocycles. The molecule has 3 atom stereocenters. The van der Waals surface area contributed by atoms with Crippen LogP contribution in [0.1, 0.15) is 40.0 Å². The van der Waals surface area contributed by atoms with Gasteiger partial charge in [-0.1, -0.05) is 20.8 Å². The summed E-state index contributed by atoms with van der Waals surface area (Å²) in [6, 6.07) is 1.04. The maximum atomic E-state index is 12.3. The number of fused-ring (bicyclic) bond motifs is 1. The summed E-state index contributed by atoms with van der Waals surface area (Å²) < 4.78 is 0. The van der Waals surface area contributed by atoms with Crippen LogP contribution in [0.25, 0.3) is 0 Å². The first kappa shape index (κ1) is 11.9. The van der Waals surface area contributed by atoms with Crippen LogP contribution in [0.3, 0.4) is 0 Å². The fourth-order valence-corrected chi connectivity index (χ4v) is 2.87. The number of carbonyl (C=O) groups excluding carboxylic acids is 1. The number of nitrogens with zero attached hydrogens (tertiary/aromatic N) is 1. The third-order valence-corrected chi connectivity index (χ3v) is 4.30. The number of hydrogen-bond donors (Lipinski definition) is 1. The van der Waals surface area contributed by atoms with E-state index >= 15 is 0 Å². The molecule has 2 heterocycles. The molecular weight excluding hydrogens is 200 g/mol. The van der Waals surface area contributed by atoms with Crippen LogP contribution >= 0.6 is 0 Å². The molecule has 0 spiro atoms. The highest BCUT2D eigenvalue weighted by molar-refractivity contribution is 5.79. The van der Waals surface area contributed by atoms with Crippen molar-refractivity contribution in [3.05, 3.63) is 0 Å². The van der Waals surface area contributed by atoms with Gasteiger partial charge in [-0.2, -0.15) is 0 Å². The molecule has 0 radical (unpaired) electrons. The van der Waals surface area contributed by atoms with Gasteiger partial charge < -0.3 is 10.2 Å². The van der Waals surface area contributed by atoms with Gasteiger partial charge in [0.05, 0.1) is 0 Å². The van der Waals surface area contributed by atoms with E-state index in [0.717, 1.165) is 19.5 Å². The van der Waals surface area contributed by atoms with Crippen molar-refractivity contribution < 1.29 is 4.79 Å². The Kier molecular flexibility index (Phi) is 3.53. The van der Waals surface area contributed by atoms with Gasteiger partial charge >= 0.3 is 0 Å². The quantitative estimate of drug-likeness (QED) is 0.773. The number of hydrogen-bond acceptors (Lipinski definition) is 2. The Labute approximate surface area is 98.6 Å². The molecule has 92 valence electrons. The molecule has 1 amide bonds. The van der Waals surface area contributed by atoms with Gasteiger partial charge in [0, 0.05) is 24.5 Å². The van der Waals surface area contributed by atoms with Gasteiger partial charge in [-0.25, -0.2) is 0 Å². The lowest BCUT2D eigenvalue weighted by Gasteiger charge is -2.34. The lowest BCUT2D eigenvalue weighted by molar-refractivity contribution is -0.137. The first-order valence-corrected chi connectivity index (χ1v) is 6.65. The van der Waals surface area contributed by atoms with Crippen LogP contribution in [0.4, 0.5) is 0 Å². The van der Waals surface area contributed by atoms with E-state index in [1.54, 1.807) is 0 Å². The smallest absolute Gasteiger partial charge is 0.225 e. The molecule has 0 aromatic rings. The van der Waals surface area contributed by atoms with Crippen molar-refractivity contribution >= 4 is 5.91 Å². The zero-order valence-electron chi connectivity index (χ0n) is 10.7. The van der Waals surface area contributed by atoms with Crippen LogP contribution in [0.15, 0.2) is 0 Å². The second kappa shape index (κ2) is 4.74. The van der Waals surface area contributed by atoms with E-state index in [1.807, 2.05) is 0 Å². The summed E-state index contributed by atoms with van der Waals surface area (Å²) in [4.78, 5) is 14.5. The van der Waals surface area contributed by atoms with E-state index in [-0.39, 0.29) is 5.92 Å². The summed E-state index contributed by atoms with van der Waals surface area (Å²) in [5.74, 6) is 0.981. The maximum absolute atomic E-state index is 12.3. The summed E-state index contributed by atoms with van der Waals surface area (Å²) in [6.45, 7) is 8.42. The molecule has 3 unspecified atom stereocenters. The van der Waals surface area contributed by atoms with Gasteiger partial charge in [0.2, 0.25) is 5.91 Å². The Morgan fingerprint density at radius 1 is 1.31 bits per heavy atom. The van der Waals surface area contributed by atoms with Gasteiger partial charge in [0.25, 0.3) is 0 Å². The van der Waals surface area contributed by atoms with Crippen molar-refractivity contribution in [2.45, 2.75) is 52.1 Å². The molecule has 0 bridgehead atoms. The van der Waals surface area contributed by atoms with Crippen molar-refractivity contribution in [1.82, 2.24) is 10.2 Å². The van der Waals surface area contributed by atoms with E-state index in [9.17, 15) is 4.79 Å². The van der Waals surface area contributed by atoms with Crippen molar-refractivity contribution in [3.63, 3.8) is 0 Å². The number of likely N-dealkylation sites (tertiary alicyclic amines) is 1. The van der Waals surface area contributed by atoms with Gasteiger partial charge in [0.15, 0.2) is 0 Å². The first-order valence-electron chi connectivity index (χ1n) is 6.65. The monoisotopic (exact) mass is 224 g/mol. The van der Waals surface area contributed by atoms with E-state index in [4.69, 9.17) is 0 Å². The Morgan fingerprint density at radius 2 is 2.06 bits per heavy atom. The summed E-state index contributed by atoms with van der Waals surface area (Å²) in [7, 11) is 0. The van der Waals surface area contributed by atoms with Crippen LogP contribution < -0.4 is 5.32 Å². The van der Waals surface area contributed by atoms with Crippen molar-refractivity contribution in [2.24, 2.45) is 11.8 Å². The predicted molar refractivity (Wildman–Crippen MR) is 65.1 cm³/mol. The number of nitrogens with one attached hydrogen (secondary N) is 1. The molecule has 1 N–H and O–H groups in total. The average molecular weight is 224 g/mol. The minimum atomic E-state index is 0.167. The molecule has 2 aliphatic rings. The SMILES string of the molecule is CC(C)C(C)C(=O)N1CCC2NCCCC21. The maximum Gasteiger partial charge on any atom is 0.225 e. The molecule has 2 saturated heterocycles. The van der Waals surface area contributed by atoms with Crippen molar-refractivity contribution in [2.75, 3.05) is 13.1 Å². The number of piperidine rings is 1. The molecule has 2 fully saturated rings. The normalized spacial score (nSPS) is 31.6. The molecule has 2 aliphatic heterocycles. The molecule has 3 heteroatoms. The van der Waals surface area contributed by atoms with Crippen LogP contribution in [0, 0.1) is 11.8 Å². The second-order valence-electron chi connectivity index (χ2n) is 5.62. The Morgan fingerprint density at radius 3 is 2.75 bits per heavy atom. The minimum absolute atomic E-state index is 0.167. The van der Waals surface area contributed by atoms with Crippen molar-refractivity contribution in [3.8, 4) is 0 Å². The fourth-order valence-electron chi connectivity index (χ4n) is 2.87. The highest BCUT2D eigenvalue weighted by Gasteiger charge is 2.39. The predicted octanol–water partition coefficient (Wildman–Crippen LogP) is 1.63. The number of rotatable bonds is 2. The second-order valence-corrected chi connectivity index (χ2v) is 5.62. The Balaban J connectivity index is 2.02. The van der Waals surface area contributed by atoms with Crippen molar-refractivity contribution in [1.29, 1.82) is 0 Å². The van der Waals surface area contributed by atoms with Gasteiger partial charge in [-0.05, 0) is 31.7 Å². The summed E-state index contributed by atoms with van der Waals surface area (Å²) in [5.41, 5.74) is 0. The first-order chi connectivity index (χ1) is 7.61. The Hall–Kier alpha value is -0.570. The lowest BCUT2D eigenvalue weighted by Crippen LogP contribution is -2.50. The van der Waals surface area contributed by atoms with E-state index < -0.39 is 0 Å². The highest BCUT2D eigenvalue weighted by atomic mass is 16.2. The molecule has 0 saturated carbocycles. The highest BCUT2D eigenvalue weighted by Crippen LogP contribution is 2.27. The zero-order chi connectivity index (χ0) is 11.7. The zero-order valence-corrected chi connectivity index (χ0v) is 10.7. The Bertz CT molecular complexity index is 265. The molecule has 0 aromatic carbocycles. The molecule has 16 heavy (non-hydrogen) atoms. The lowest BCUT2D eigenvalue weighted by atomic mass is 9.94. The molecule has 0 aromatic heterocycles. The summed E-state index contributed by atoms with van der Waals surface area (Å²) in [5, 5.41) is 3.54. The van der Waals surface area contributed by atoms with Gasteiger partial charge in [-0.3, -0.25) is 4.79 Å². The van der Waals surface area contributed by atoms with Crippen LogP contribution in [-0.4, -0.2) is 36.0 Å².